The van der Waals surface area contributed by atoms with E-state index < -0.39 is 0 Å². The zero-order chi connectivity index (χ0) is 12.4. The Hall–Kier alpha value is -1.84. The number of piperidine rings is 1. The third-order valence-corrected chi connectivity index (χ3v) is 3.52. The van der Waals surface area contributed by atoms with Gasteiger partial charge in [-0.25, -0.2) is 0 Å². The second-order valence-electron chi connectivity index (χ2n) is 4.93. The van der Waals surface area contributed by atoms with Gasteiger partial charge < -0.3 is 9.42 Å². The van der Waals surface area contributed by atoms with Crippen molar-refractivity contribution in [2.45, 2.75) is 19.8 Å². The van der Waals surface area contributed by atoms with Gasteiger partial charge in [0.15, 0.2) is 11.6 Å². The number of hydrogen-bond acceptors (Lipinski definition) is 4. The van der Waals surface area contributed by atoms with E-state index >= 15 is 0 Å². The zero-order valence-corrected chi connectivity index (χ0v) is 10.5. The lowest BCUT2D eigenvalue weighted by molar-refractivity contribution is 0.409. The summed E-state index contributed by atoms with van der Waals surface area (Å²) in [5, 5.41) is 4.15. The highest BCUT2D eigenvalue weighted by Crippen LogP contribution is 2.26. The first-order valence-electron chi connectivity index (χ1n) is 6.46. The Bertz CT molecular complexity index is 501. The van der Waals surface area contributed by atoms with Gasteiger partial charge in [-0.2, -0.15) is 0 Å². The predicted octanol–water partition coefficient (Wildman–Crippen LogP) is 2.97. The van der Waals surface area contributed by atoms with Crippen molar-refractivity contribution in [2.75, 3.05) is 18.0 Å². The molecule has 4 heteroatoms. The molecular formula is C14H17N3O. The van der Waals surface area contributed by atoms with Crippen LogP contribution < -0.4 is 4.90 Å². The monoisotopic (exact) mass is 243 g/mol. The lowest BCUT2D eigenvalue weighted by Gasteiger charge is -2.29. The lowest BCUT2D eigenvalue weighted by atomic mass is 9.99. The van der Waals surface area contributed by atoms with Crippen molar-refractivity contribution in [3.8, 4) is 11.5 Å². The average molecular weight is 243 g/mol. The van der Waals surface area contributed by atoms with Gasteiger partial charge in [0, 0.05) is 25.4 Å². The van der Waals surface area contributed by atoms with E-state index in [0.29, 0.717) is 0 Å². The van der Waals surface area contributed by atoms with Crippen LogP contribution in [0.4, 0.5) is 5.82 Å². The van der Waals surface area contributed by atoms with Crippen LogP contribution in [0.25, 0.3) is 11.5 Å². The molecule has 94 valence electrons. The van der Waals surface area contributed by atoms with Gasteiger partial charge in [0.05, 0.1) is 0 Å². The van der Waals surface area contributed by atoms with Gasteiger partial charge in [0.1, 0.15) is 5.69 Å². The van der Waals surface area contributed by atoms with Crippen LogP contribution in [0.5, 0.6) is 0 Å². The van der Waals surface area contributed by atoms with Gasteiger partial charge in [-0.15, -0.1) is 0 Å². The largest absolute Gasteiger partial charge is 0.354 e. The topological polar surface area (TPSA) is 42.2 Å². The van der Waals surface area contributed by atoms with E-state index in [9.17, 15) is 0 Å². The molecule has 3 heterocycles. The summed E-state index contributed by atoms with van der Waals surface area (Å²) in [7, 11) is 0. The molecule has 18 heavy (non-hydrogen) atoms. The molecule has 0 aliphatic carbocycles. The molecule has 0 spiro atoms. The SMILES string of the molecule is CC1CCN(c2cc(-c3ccccn3)on2)CC1. The highest BCUT2D eigenvalue weighted by atomic mass is 16.5. The van der Waals surface area contributed by atoms with Gasteiger partial charge in [-0.1, -0.05) is 18.1 Å². The Kier molecular flexibility index (Phi) is 3.00. The molecule has 0 atom stereocenters. The molecule has 2 aromatic rings. The summed E-state index contributed by atoms with van der Waals surface area (Å²) >= 11 is 0. The molecule has 0 unspecified atom stereocenters. The predicted molar refractivity (Wildman–Crippen MR) is 70.3 cm³/mol. The maximum atomic E-state index is 5.38. The molecular weight excluding hydrogens is 226 g/mol. The Morgan fingerprint density at radius 2 is 2.11 bits per heavy atom. The number of rotatable bonds is 2. The van der Waals surface area contributed by atoms with Crippen molar-refractivity contribution >= 4 is 5.82 Å². The third kappa shape index (κ3) is 2.23. The highest BCUT2D eigenvalue weighted by Gasteiger charge is 2.19. The fourth-order valence-electron chi connectivity index (χ4n) is 2.28. The Balaban J connectivity index is 1.78. The van der Waals surface area contributed by atoms with Crippen LogP contribution in [0.3, 0.4) is 0 Å². The maximum absolute atomic E-state index is 5.38. The fraction of sp³-hybridized carbons (Fsp3) is 0.429. The standard InChI is InChI=1S/C14H17N3O/c1-11-5-8-17(9-6-11)14-10-13(18-16-14)12-4-2-3-7-15-12/h2-4,7,10-11H,5-6,8-9H2,1H3. The van der Waals surface area contributed by atoms with Crippen LogP contribution >= 0.6 is 0 Å². The second kappa shape index (κ2) is 4.80. The van der Waals surface area contributed by atoms with Crippen molar-refractivity contribution in [2.24, 2.45) is 5.92 Å². The third-order valence-electron chi connectivity index (χ3n) is 3.52. The van der Waals surface area contributed by atoms with Crippen LogP contribution in [0.1, 0.15) is 19.8 Å². The Morgan fingerprint density at radius 1 is 1.28 bits per heavy atom. The summed E-state index contributed by atoms with van der Waals surface area (Å²) in [6.45, 7) is 4.43. The van der Waals surface area contributed by atoms with E-state index in [1.54, 1.807) is 6.20 Å². The van der Waals surface area contributed by atoms with Crippen LogP contribution in [-0.4, -0.2) is 23.2 Å². The molecule has 0 saturated carbocycles. The smallest absolute Gasteiger partial charge is 0.187 e. The molecule has 2 aromatic heterocycles. The van der Waals surface area contributed by atoms with Crippen LogP contribution in [0.2, 0.25) is 0 Å². The van der Waals surface area contributed by atoms with E-state index in [4.69, 9.17) is 4.52 Å². The molecule has 1 aliphatic heterocycles. The van der Waals surface area contributed by atoms with Gasteiger partial charge >= 0.3 is 0 Å². The second-order valence-corrected chi connectivity index (χ2v) is 4.93. The Morgan fingerprint density at radius 3 is 2.83 bits per heavy atom. The number of hydrogen-bond donors (Lipinski definition) is 0. The first-order chi connectivity index (χ1) is 8.83. The van der Waals surface area contributed by atoms with Crippen molar-refractivity contribution in [1.29, 1.82) is 0 Å². The van der Waals surface area contributed by atoms with Gasteiger partial charge in [0.2, 0.25) is 0 Å². The minimum Gasteiger partial charge on any atom is -0.354 e. The summed E-state index contributed by atoms with van der Waals surface area (Å²) < 4.78 is 5.38. The van der Waals surface area contributed by atoms with E-state index in [2.05, 4.69) is 22.0 Å². The van der Waals surface area contributed by atoms with E-state index in [1.807, 2.05) is 24.3 Å². The molecule has 1 saturated heterocycles. The summed E-state index contributed by atoms with van der Waals surface area (Å²) in [5.41, 5.74) is 0.835. The summed E-state index contributed by atoms with van der Waals surface area (Å²) in [6, 6.07) is 7.76. The molecule has 0 bridgehead atoms. The normalized spacial score (nSPS) is 17.1. The van der Waals surface area contributed by atoms with Crippen molar-refractivity contribution in [1.82, 2.24) is 10.1 Å². The molecule has 1 aliphatic rings. The average Bonchev–Trinajstić information content (AvgIpc) is 2.90. The van der Waals surface area contributed by atoms with Crippen LogP contribution in [0.15, 0.2) is 35.0 Å². The number of pyridine rings is 1. The van der Waals surface area contributed by atoms with E-state index in [1.165, 1.54) is 12.8 Å². The first kappa shape index (κ1) is 11.3. The maximum Gasteiger partial charge on any atom is 0.187 e. The van der Waals surface area contributed by atoms with E-state index in [-0.39, 0.29) is 0 Å². The molecule has 3 rings (SSSR count). The van der Waals surface area contributed by atoms with Crippen molar-refractivity contribution in [3.63, 3.8) is 0 Å². The van der Waals surface area contributed by atoms with Crippen LogP contribution in [0, 0.1) is 5.92 Å². The van der Waals surface area contributed by atoms with Crippen molar-refractivity contribution in [3.05, 3.63) is 30.5 Å². The summed E-state index contributed by atoms with van der Waals surface area (Å²) in [6.07, 6.45) is 4.22. The number of nitrogens with zero attached hydrogens (tertiary/aromatic N) is 3. The van der Waals surface area contributed by atoms with Gasteiger partial charge in [-0.3, -0.25) is 4.98 Å². The summed E-state index contributed by atoms with van der Waals surface area (Å²) in [5.74, 6) is 2.50. The van der Waals surface area contributed by atoms with Crippen molar-refractivity contribution < 1.29 is 4.52 Å². The first-order valence-corrected chi connectivity index (χ1v) is 6.46. The molecule has 0 N–H and O–H groups in total. The quantitative estimate of drug-likeness (QED) is 0.813. The highest BCUT2D eigenvalue weighted by molar-refractivity contribution is 5.57. The fourth-order valence-corrected chi connectivity index (χ4v) is 2.28. The molecule has 0 aromatic carbocycles. The Labute approximate surface area is 107 Å². The summed E-state index contributed by atoms with van der Waals surface area (Å²) in [4.78, 5) is 6.55. The molecule has 0 radical (unpaired) electrons. The number of aromatic nitrogens is 2. The zero-order valence-electron chi connectivity index (χ0n) is 10.5. The minimum absolute atomic E-state index is 0.740. The van der Waals surface area contributed by atoms with Crippen LogP contribution in [-0.2, 0) is 0 Å². The lowest BCUT2D eigenvalue weighted by Crippen LogP contribution is -2.32. The van der Waals surface area contributed by atoms with E-state index in [0.717, 1.165) is 36.3 Å². The van der Waals surface area contributed by atoms with Gasteiger partial charge in [0.25, 0.3) is 0 Å². The molecule has 0 amide bonds. The molecule has 1 fully saturated rings. The minimum atomic E-state index is 0.740. The number of anilines is 1. The van der Waals surface area contributed by atoms with Gasteiger partial charge in [-0.05, 0) is 30.9 Å². The molecule has 4 nitrogen and oxygen atoms in total.